The Kier molecular flexibility index (Phi) is 5.31. The van der Waals surface area contributed by atoms with Crippen LogP contribution in [0, 0.1) is 0 Å². The lowest BCUT2D eigenvalue weighted by Crippen LogP contribution is -2.32. The van der Waals surface area contributed by atoms with Crippen molar-refractivity contribution in [2.24, 2.45) is 0 Å². The van der Waals surface area contributed by atoms with E-state index in [-0.39, 0.29) is 15.6 Å². The number of aryl methyl sites for hydroxylation is 1. The minimum atomic E-state index is -3.88. The highest BCUT2D eigenvalue weighted by molar-refractivity contribution is 7.93. The van der Waals surface area contributed by atoms with E-state index in [0.29, 0.717) is 18.1 Å². The first-order valence-corrected chi connectivity index (χ1v) is 12.4. The number of anilines is 1. The Balaban J connectivity index is 1.49. The van der Waals surface area contributed by atoms with Gasteiger partial charge < -0.3 is 9.73 Å². The van der Waals surface area contributed by atoms with Crippen molar-refractivity contribution in [2.75, 3.05) is 11.8 Å². The van der Waals surface area contributed by atoms with Crippen molar-refractivity contribution in [1.29, 1.82) is 0 Å². The van der Waals surface area contributed by atoms with E-state index in [1.807, 2.05) is 19.2 Å². The Hall–Kier alpha value is -3.02. The van der Waals surface area contributed by atoms with Gasteiger partial charge in [-0.3, -0.25) is 9.29 Å². The van der Waals surface area contributed by atoms with Crippen molar-refractivity contribution >= 4 is 37.8 Å². The maximum absolute atomic E-state index is 12.7. The van der Waals surface area contributed by atoms with Gasteiger partial charge in [0.15, 0.2) is 5.58 Å². The molecule has 1 aliphatic carbocycles. The van der Waals surface area contributed by atoms with Crippen LogP contribution in [0.2, 0.25) is 0 Å². The molecule has 32 heavy (non-hydrogen) atoms. The molecule has 2 aromatic carbocycles. The molecule has 1 unspecified atom stereocenters. The maximum Gasteiger partial charge on any atom is 0.420 e. The van der Waals surface area contributed by atoms with Crippen molar-refractivity contribution in [3.05, 3.63) is 70.0 Å². The molecule has 0 amide bonds. The molecule has 1 atom stereocenters. The van der Waals surface area contributed by atoms with Crippen LogP contribution >= 0.6 is 11.5 Å². The van der Waals surface area contributed by atoms with E-state index in [1.165, 1.54) is 29.6 Å². The summed E-state index contributed by atoms with van der Waals surface area (Å²) in [4.78, 5) is 16.5. The van der Waals surface area contributed by atoms with Gasteiger partial charge in [0.2, 0.25) is 5.13 Å². The van der Waals surface area contributed by atoms with Crippen LogP contribution in [0.4, 0.5) is 5.13 Å². The summed E-state index contributed by atoms with van der Waals surface area (Å²) in [7, 11) is -1.91. The van der Waals surface area contributed by atoms with Gasteiger partial charge >= 0.3 is 5.76 Å². The highest BCUT2D eigenvalue weighted by atomic mass is 32.2. The molecule has 4 aromatic rings. The Morgan fingerprint density at radius 1 is 1.28 bits per heavy atom. The number of likely N-dealkylation sites (N-methyl/N-ethyl adjacent to an activating group) is 1. The molecule has 2 heterocycles. The van der Waals surface area contributed by atoms with Crippen LogP contribution in [-0.4, -0.2) is 35.4 Å². The number of hydrogen-bond acceptors (Lipinski definition) is 8. The van der Waals surface area contributed by atoms with E-state index in [1.54, 1.807) is 10.6 Å². The molecular formula is C21H21N5O4S2. The minimum absolute atomic E-state index is 0.0185. The molecule has 2 aromatic heterocycles. The number of rotatable bonds is 6. The quantitative estimate of drug-likeness (QED) is 0.443. The fraction of sp³-hybridized carbons (Fsp3) is 0.286. The Morgan fingerprint density at radius 2 is 2.16 bits per heavy atom. The average Bonchev–Trinajstić information content (AvgIpc) is 3.40. The first kappa shape index (κ1) is 20.9. The van der Waals surface area contributed by atoms with Crippen LogP contribution in [0.5, 0.6) is 0 Å². The number of fused-ring (bicyclic) bond motifs is 2. The first-order valence-electron chi connectivity index (χ1n) is 10.1. The molecule has 0 radical (unpaired) electrons. The third-order valence-corrected chi connectivity index (χ3v) is 7.90. The number of nitrogens with zero attached hydrogens (tertiary/aromatic N) is 3. The molecule has 0 saturated carbocycles. The fourth-order valence-electron chi connectivity index (χ4n) is 4.18. The topological polar surface area (TPSA) is 119 Å². The third-order valence-electron chi connectivity index (χ3n) is 5.85. The second-order valence-electron chi connectivity index (χ2n) is 7.72. The zero-order valence-corrected chi connectivity index (χ0v) is 18.9. The number of benzene rings is 2. The molecule has 9 nitrogen and oxygen atoms in total. The van der Waals surface area contributed by atoms with Crippen molar-refractivity contribution < 1.29 is 12.8 Å². The van der Waals surface area contributed by atoms with Crippen LogP contribution in [0.25, 0.3) is 11.1 Å². The van der Waals surface area contributed by atoms with E-state index in [2.05, 4.69) is 25.5 Å². The van der Waals surface area contributed by atoms with Crippen molar-refractivity contribution in [3.63, 3.8) is 0 Å². The Morgan fingerprint density at radius 3 is 2.94 bits per heavy atom. The van der Waals surface area contributed by atoms with Crippen LogP contribution in [0.15, 0.2) is 56.8 Å². The van der Waals surface area contributed by atoms with Gasteiger partial charge in [0.25, 0.3) is 10.0 Å². The van der Waals surface area contributed by atoms with Gasteiger partial charge in [-0.2, -0.15) is 4.37 Å². The average molecular weight is 472 g/mol. The standard InChI is InChI=1S/C21H21N5O4S2/c1-22-15-6-5-13-3-2-4-14(17(13)9-15)11-26-18-8-7-16(10-19(18)30-21(26)27)32(28,29)25-20-23-12-24-31-20/h2-4,7-8,10,12,15,22H,5-6,9,11H2,1H3,(H,23,24,25). The lowest BCUT2D eigenvalue weighted by Gasteiger charge is -2.26. The predicted octanol–water partition coefficient (Wildman–Crippen LogP) is 2.37. The zero-order chi connectivity index (χ0) is 22.3. The summed E-state index contributed by atoms with van der Waals surface area (Å²) in [5, 5.41) is 3.51. The van der Waals surface area contributed by atoms with Crippen LogP contribution < -0.4 is 15.8 Å². The lowest BCUT2D eigenvalue weighted by molar-refractivity contribution is 0.489. The molecule has 0 bridgehead atoms. The third kappa shape index (κ3) is 3.83. The summed E-state index contributed by atoms with van der Waals surface area (Å²) in [5.74, 6) is -0.523. The summed E-state index contributed by atoms with van der Waals surface area (Å²) >= 11 is 0.935. The molecule has 5 rings (SSSR count). The van der Waals surface area contributed by atoms with E-state index in [9.17, 15) is 13.2 Å². The van der Waals surface area contributed by atoms with Crippen molar-refractivity contribution in [3.8, 4) is 0 Å². The molecule has 2 N–H and O–H groups in total. The second-order valence-corrected chi connectivity index (χ2v) is 10.2. The number of aromatic nitrogens is 3. The molecule has 0 saturated heterocycles. The Labute approximate surface area is 188 Å². The van der Waals surface area contributed by atoms with E-state index in [0.717, 1.165) is 36.4 Å². The van der Waals surface area contributed by atoms with Gasteiger partial charge in [0, 0.05) is 23.6 Å². The van der Waals surface area contributed by atoms with Crippen molar-refractivity contribution in [2.45, 2.75) is 36.7 Å². The smallest absolute Gasteiger partial charge is 0.408 e. The predicted molar refractivity (Wildman–Crippen MR) is 122 cm³/mol. The first-order chi connectivity index (χ1) is 15.4. The molecule has 0 fully saturated rings. The summed E-state index contributed by atoms with van der Waals surface area (Å²) in [6.07, 6.45) is 4.26. The fourth-order valence-corrected chi connectivity index (χ4v) is 5.86. The molecular weight excluding hydrogens is 450 g/mol. The minimum Gasteiger partial charge on any atom is -0.408 e. The monoisotopic (exact) mass is 471 g/mol. The number of sulfonamides is 1. The number of hydrogen-bond donors (Lipinski definition) is 2. The van der Waals surface area contributed by atoms with Crippen LogP contribution in [0.1, 0.15) is 23.1 Å². The second kappa shape index (κ2) is 8.15. The highest BCUT2D eigenvalue weighted by Gasteiger charge is 2.22. The van der Waals surface area contributed by atoms with Gasteiger partial charge in [0.05, 0.1) is 17.0 Å². The lowest BCUT2D eigenvalue weighted by atomic mass is 9.85. The van der Waals surface area contributed by atoms with E-state index in [4.69, 9.17) is 4.42 Å². The molecule has 0 spiro atoms. The summed E-state index contributed by atoms with van der Waals surface area (Å²) in [5.41, 5.74) is 4.41. The van der Waals surface area contributed by atoms with Crippen molar-refractivity contribution in [1.82, 2.24) is 19.2 Å². The zero-order valence-electron chi connectivity index (χ0n) is 17.2. The van der Waals surface area contributed by atoms with Gasteiger partial charge in [-0.15, -0.1) is 0 Å². The number of oxazole rings is 1. The summed E-state index contributed by atoms with van der Waals surface area (Å²) in [6.45, 7) is 0.362. The van der Waals surface area contributed by atoms with Gasteiger partial charge in [0.1, 0.15) is 6.33 Å². The Bertz CT molecular complexity index is 1440. The van der Waals surface area contributed by atoms with Gasteiger partial charge in [-0.05, 0) is 55.1 Å². The normalized spacial score (nSPS) is 16.2. The highest BCUT2D eigenvalue weighted by Crippen LogP contribution is 2.27. The molecule has 166 valence electrons. The maximum atomic E-state index is 12.7. The van der Waals surface area contributed by atoms with E-state index >= 15 is 0 Å². The molecule has 11 heteroatoms. The largest absolute Gasteiger partial charge is 0.420 e. The SMILES string of the molecule is CNC1CCc2cccc(Cn3c(=O)oc4cc(S(=O)(=O)Nc5ncns5)ccc43)c2C1. The summed E-state index contributed by atoms with van der Waals surface area (Å²) < 4.78 is 38.4. The van der Waals surface area contributed by atoms with Crippen LogP contribution in [-0.2, 0) is 29.4 Å². The van der Waals surface area contributed by atoms with E-state index < -0.39 is 15.8 Å². The van der Waals surface area contributed by atoms with Gasteiger partial charge in [-0.1, -0.05) is 18.2 Å². The summed E-state index contributed by atoms with van der Waals surface area (Å²) in [6, 6.07) is 11.0. The van der Waals surface area contributed by atoms with Gasteiger partial charge in [-0.25, -0.2) is 18.2 Å². The van der Waals surface area contributed by atoms with Crippen LogP contribution in [0.3, 0.4) is 0 Å². The number of nitrogens with one attached hydrogen (secondary N) is 2. The molecule has 0 aliphatic heterocycles. The molecule has 1 aliphatic rings.